The number of aromatic amines is 1. The third-order valence-electron chi connectivity index (χ3n) is 11.5. The normalized spacial score (nSPS) is 23.7. The maximum Gasteiger partial charge on any atom is 0.697 e. The van der Waals surface area contributed by atoms with Crippen LogP contribution in [0.2, 0.25) is 23.2 Å². The number of fused-ring (bicyclic) bond motifs is 1. The van der Waals surface area contributed by atoms with E-state index < -0.39 is 65.4 Å². The van der Waals surface area contributed by atoms with E-state index in [9.17, 15) is 24.2 Å². The van der Waals surface area contributed by atoms with Gasteiger partial charge in [0.1, 0.15) is 6.10 Å². The third-order valence-corrected chi connectivity index (χ3v) is 21.4. The van der Waals surface area contributed by atoms with Crippen molar-refractivity contribution in [2.45, 2.75) is 121 Å². The first-order valence-corrected chi connectivity index (χ1v) is 25.5. The summed E-state index contributed by atoms with van der Waals surface area (Å²) in [5, 5.41) is 13.4. The molecule has 1 aromatic heterocycles. The first kappa shape index (κ1) is 44.0. The number of aromatic nitrogens is 2. The van der Waals surface area contributed by atoms with Crippen molar-refractivity contribution in [2.24, 2.45) is 4.99 Å². The largest absolute Gasteiger partial charge is 0.697 e. The maximum atomic E-state index is 13.0. The van der Waals surface area contributed by atoms with Crippen molar-refractivity contribution < 1.29 is 32.7 Å². The molecule has 3 aromatic rings. The molecule has 5 atom stereocenters. The molecule has 3 aliphatic rings. The Balaban J connectivity index is 0.000000463. The number of aliphatic imine (C=N–C) groups is 1. The highest BCUT2D eigenvalue weighted by Crippen LogP contribution is 2.48. The van der Waals surface area contributed by atoms with E-state index >= 15 is 0 Å². The van der Waals surface area contributed by atoms with Crippen molar-refractivity contribution in [1.29, 1.82) is 0 Å². The van der Waals surface area contributed by atoms with E-state index in [0.29, 0.717) is 0 Å². The summed E-state index contributed by atoms with van der Waals surface area (Å²) in [6, 6.07) is 20.8. The lowest BCUT2D eigenvalue weighted by Crippen LogP contribution is -2.67. The average Bonchev–Trinajstić information content (AvgIpc) is 3.25. The van der Waals surface area contributed by atoms with Crippen LogP contribution in [-0.4, -0.2) is 91.2 Å². The molecule has 6 rings (SSSR count). The van der Waals surface area contributed by atoms with Crippen molar-refractivity contribution in [1.82, 2.24) is 14.5 Å². The van der Waals surface area contributed by atoms with E-state index in [1.807, 2.05) is 94.5 Å². The fourth-order valence-corrected chi connectivity index (χ4v) is 13.8. The van der Waals surface area contributed by atoms with E-state index in [1.54, 1.807) is 0 Å². The number of ether oxygens (including phenoxy) is 1. The summed E-state index contributed by atoms with van der Waals surface area (Å²) in [5.74, 6) is -1.13. The summed E-state index contributed by atoms with van der Waals surface area (Å²) in [5.41, 5.74) is -1.42. The minimum Gasteiger partial charge on any atom is -0.405 e. The molecular formula is C40H60N4O9PSi2+. The van der Waals surface area contributed by atoms with Crippen molar-refractivity contribution >= 4 is 41.1 Å². The zero-order valence-corrected chi connectivity index (χ0v) is 37.0. The predicted molar refractivity (Wildman–Crippen MR) is 224 cm³/mol. The highest BCUT2D eigenvalue weighted by molar-refractivity contribution is 7.32. The minimum absolute atomic E-state index is 0.279. The fraction of sp³-hybridized carbons (Fsp3) is 0.575. The van der Waals surface area contributed by atoms with Crippen LogP contribution in [0.25, 0.3) is 0 Å². The van der Waals surface area contributed by atoms with Crippen LogP contribution >= 0.6 is 8.25 Å². The molecule has 56 heavy (non-hydrogen) atoms. The predicted octanol–water partition coefficient (Wildman–Crippen LogP) is 5.42. The lowest BCUT2D eigenvalue weighted by Gasteiger charge is -2.44. The molecule has 0 aliphatic carbocycles. The van der Waals surface area contributed by atoms with Gasteiger partial charge in [-0.25, -0.2) is 4.79 Å². The van der Waals surface area contributed by atoms with Crippen LogP contribution in [0.1, 0.15) is 79.9 Å². The molecule has 2 aromatic carbocycles. The molecule has 1 unspecified atom stereocenters. The molecule has 0 amide bonds. The zero-order valence-electron chi connectivity index (χ0n) is 34.1. The van der Waals surface area contributed by atoms with E-state index in [4.69, 9.17) is 18.1 Å². The molecule has 2 fully saturated rings. The Bertz CT molecular complexity index is 1890. The molecule has 0 bridgehead atoms. The third kappa shape index (κ3) is 9.59. The van der Waals surface area contributed by atoms with Gasteiger partial charge in [0.2, 0.25) is 0 Å². The van der Waals surface area contributed by atoms with Gasteiger partial charge in [0, 0.05) is 42.9 Å². The van der Waals surface area contributed by atoms with Crippen LogP contribution in [0.4, 0.5) is 0 Å². The van der Waals surface area contributed by atoms with Gasteiger partial charge in [-0.2, -0.15) is 0 Å². The molecule has 0 spiro atoms. The van der Waals surface area contributed by atoms with Gasteiger partial charge < -0.3 is 23.6 Å². The maximum absolute atomic E-state index is 13.0. The van der Waals surface area contributed by atoms with Gasteiger partial charge in [-0.1, -0.05) is 113 Å². The molecule has 306 valence electrons. The highest BCUT2D eigenvalue weighted by Gasteiger charge is 2.66. The molecule has 0 radical (unpaired) electrons. The first-order valence-electron chi connectivity index (χ1n) is 19.6. The number of aliphatic hydroxyl groups is 1. The van der Waals surface area contributed by atoms with Crippen LogP contribution in [0.15, 0.2) is 87.5 Å². The number of rotatable bonds is 10. The summed E-state index contributed by atoms with van der Waals surface area (Å²) >= 11 is 0. The Morgan fingerprint density at radius 2 is 1.52 bits per heavy atom. The zero-order chi connectivity index (χ0) is 40.9. The Hall–Kier alpha value is -3.12. The molecule has 16 heteroatoms. The van der Waals surface area contributed by atoms with Crippen molar-refractivity contribution in [2.75, 3.05) is 26.2 Å². The van der Waals surface area contributed by atoms with E-state index in [1.165, 1.54) is 57.2 Å². The quantitative estimate of drug-likeness (QED) is 0.137. The Labute approximate surface area is 333 Å². The van der Waals surface area contributed by atoms with Crippen molar-refractivity contribution in [3.05, 3.63) is 93.8 Å². The lowest BCUT2D eigenvalue weighted by atomic mass is 10.1. The SMILES string of the molecule is C1CCC2=NCCCN2CC1.CC(C)(C)[Si](C)(C)O[C@H]1[C@H](n2ccc(=O)[nH]c2=O)O[C@H](CO[Si](c2ccccc2)(c2ccccc2)C(C)(C)C)[C@@]1(O)O[P+](=O)O. The van der Waals surface area contributed by atoms with Crippen molar-refractivity contribution in [3.63, 3.8) is 0 Å². The van der Waals surface area contributed by atoms with Crippen LogP contribution in [-0.2, 0) is 22.7 Å². The Kier molecular flexibility index (Phi) is 14.0. The van der Waals surface area contributed by atoms with Crippen LogP contribution in [0, 0.1) is 0 Å². The Morgan fingerprint density at radius 3 is 2.07 bits per heavy atom. The first-order chi connectivity index (χ1) is 26.3. The molecule has 3 N–H and O–H groups in total. The van der Waals surface area contributed by atoms with E-state index in [2.05, 4.69) is 35.6 Å². The summed E-state index contributed by atoms with van der Waals surface area (Å²) in [4.78, 5) is 44.2. The van der Waals surface area contributed by atoms with Crippen LogP contribution in [0.3, 0.4) is 0 Å². The molecule has 2 saturated heterocycles. The summed E-state index contributed by atoms with van der Waals surface area (Å²) in [6.45, 7) is 19.4. The van der Waals surface area contributed by atoms with Gasteiger partial charge in [-0.3, -0.25) is 19.3 Å². The second kappa shape index (κ2) is 17.8. The molecule has 13 nitrogen and oxygen atoms in total. The van der Waals surface area contributed by atoms with Gasteiger partial charge >= 0.3 is 13.9 Å². The number of hydrogen-bond donors (Lipinski definition) is 3. The van der Waals surface area contributed by atoms with Crippen LogP contribution in [0.5, 0.6) is 0 Å². The smallest absolute Gasteiger partial charge is 0.405 e. The summed E-state index contributed by atoms with van der Waals surface area (Å²) in [6.07, 6.45) is 3.70. The Morgan fingerprint density at radius 1 is 0.911 bits per heavy atom. The van der Waals surface area contributed by atoms with Crippen LogP contribution < -0.4 is 21.6 Å². The van der Waals surface area contributed by atoms with Gasteiger partial charge in [-0.15, -0.1) is 4.89 Å². The fourth-order valence-electron chi connectivity index (χ4n) is 7.50. The number of nitrogens with one attached hydrogen (secondary N) is 1. The summed E-state index contributed by atoms with van der Waals surface area (Å²) < 4.78 is 38.8. The second-order valence-electron chi connectivity index (χ2n) is 17.3. The van der Waals surface area contributed by atoms with Gasteiger partial charge in [0.15, 0.2) is 20.6 Å². The minimum atomic E-state index is -3.37. The highest BCUT2D eigenvalue weighted by atomic mass is 31.1. The number of nitrogens with zero attached hydrogens (tertiary/aromatic N) is 3. The van der Waals surface area contributed by atoms with E-state index in [0.717, 1.165) is 27.6 Å². The molecule has 0 saturated carbocycles. The number of benzene rings is 2. The van der Waals surface area contributed by atoms with Gasteiger partial charge in [0.25, 0.3) is 19.7 Å². The topological polar surface area (TPSA) is 165 Å². The summed E-state index contributed by atoms with van der Waals surface area (Å²) in [7, 11) is -9.29. The number of amidine groups is 1. The van der Waals surface area contributed by atoms with Gasteiger partial charge in [-0.05, 0) is 52.8 Å². The lowest BCUT2D eigenvalue weighted by molar-refractivity contribution is -0.212. The van der Waals surface area contributed by atoms with Gasteiger partial charge in [0.05, 0.1) is 12.4 Å². The molecular weight excluding hydrogens is 768 g/mol. The monoisotopic (exact) mass is 827 g/mol. The van der Waals surface area contributed by atoms with Crippen molar-refractivity contribution in [3.8, 4) is 0 Å². The molecule has 4 heterocycles. The second-order valence-corrected chi connectivity index (χ2v) is 27.1. The number of hydrogen-bond acceptors (Lipinski definition) is 10. The standard InChI is InChI=1S/C31H43N2O9PSi2.C9H16N2/c1-29(2,3)44(7,8)41-26-27(33-20-19-25(34)32-28(33)35)40-24(31(26,36)42-43(37)38)21-39-45(30(4,5)6,22-15-11-9-12-16-22)23-17-13-10-14-18-23;1-2-5-9-10-6-4-8-11(9)7-3-1/h9-20,24,26-27,36H,21H2,1-8H3,(H-,32,34,35,37,38);1-8H2/p+1/t24-,26+,27-,31-;/m1./s1. The molecule has 3 aliphatic heterocycles. The van der Waals surface area contributed by atoms with E-state index in [-0.39, 0.29) is 11.6 Å². The number of H-pyrrole nitrogens is 1. The average molecular weight is 828 g/mol.